The fourth-order valence-corrected chi connectivity index (χ4v) is 1.67. The molecule has 0 radical (unpaired) electrons. The predicted molar refractivity (Wildman–Crippen MR) is 71.0 cm³/mol. The first-order valence-electron chi connectivity index (χ1n) is 5.86. The van der Waals surface area contributed by atoms with Crippen molar-refractivity contribution in [1.29, 1.82) is 0 Å². The molecular formula is C13H13F3N4. The van der Waals surface area contributed by atoms with Gasteiger partial charge in [0.2, 0.25) is 5.95 Å². The van der Waals surface area contributed by atoms with Gasteiger partial charge in [0, 0.05) is 24.5 Å². The van der Waals surface area contributed by atoms with Gasteiger partial charge in [-0.15, -0.1) is 0 Å². The van der Waals surface area contributed by atoms with Gasteiger partial charge in [-0.2, -0.15) is 18.2 Å². The van der Waals surface area contributed by atoms with E-state index in [2.05, 4.69) is 20.6 Å². The molecule has 0 saturated heterocycles. The molecule has 1 aromatic carbocycles. The van der Waals surface area contributed by atoms with Crippen LogP contribution in [0, 0.1) is 6.92 Å². The first-order valence-corrected chi connectivity index (χ1v) is 5.86. The first-order chi connectivity index (χ1) is 9.38. The van der Waals surface area contributed by atoms with Crippen molar-refractivity contribution >= 4 is 17.5 Å². The van der Waals surface area contributed by atoms with Gasteiger partial charge in [-0.1, -0.05) is 6.07 Å². The average Bonchev–Trinajstić information content (AvgIpc) is 2.37. The van der Waals surface area contributed by atoms with Gasteiger partial charge < -0.3 is 10.6 Å². The number of nitrogens with one attached hydrogen (secondary N) is 2. The molecule has 0 spiro atoms. The third kappa shape index (κ3) is 3.37. The van der Waals surface area contributed by atoms with Crippen LogP contribution in [0.1, 0.15) is 11.3 Å². The van der Waals surface area contributed by atoms with Crippen molar-refractivity contribution in [2.75, 3.05) is 17.7 Å². The lowest BCUT2D eigenvalue weighted by Crippen LogP contribution is -2.06. The van der Waals surface area contributed by atoms with Crippen LogP contribution in [0.25, 0.3) is 0 Å². The Morgan fingerprint density at radius 2 is 1.85 bits per heavy atom. The summed E-state index contributed by atoms with van der Waals surface area (Å²) in [6.07, 6.45) is -4.37. The van der Waals surface area contributed by atoms with Crippen LogP contribution >= 0.6 is 0 Å². The van der Waals surface area contributed by atoms with Crippen molar-refractivity contribution in [3.63, 3.8) is 0 Å². The van der Waals surface area contributed by atoms with Crippen molar-refractivity contribution in [2.24, 2.45) is 0 Å². The van der Waals surface area contributed by atoms with Gasteiger partial charge in [0.15, 0.2) is 0 Å². The molecular weight excluding hydrogens is 269 g/mol. The summed E-state index contributed by atoms with van der Waals surface area (Å²) in [5.74, 6) is 0.834. The summed E-state index contributed by atoms with van der Waals surface area (Å²) >= 11 is 0. The zero-order chi connectivity index (χ0) is 14.8. The lowest BCUT2D eigenvalue weighted by Gasteiger charge is -2.11. The summed E-state index contributed by atoms with van der Waals surface area (Å²) in [5, 5.41) is 5.63. The second-order valence-electron chi connectivity index (χ2n) is 4.17. The summed E-state index contributed by atoms with van der Waals surface area (Å²) in [5.41, 5.74) is 0.320. The Balaban J connectivity index is 2.28. The van der Waals surface area contributed by atoms with Crippen molar-refractivity contribution in [1.82, 2.24) is 9.97 Å². The van der Waals surface area contributed by atoms with E-state index in [0.29, 0.717) is 23.1 Å². The van der Waals surface area contributed by atoms with Crippen LogP contribution in [0.15, 0.2) is 30.3 Å². The molecule has 0 aliphatic rings. The molecule has 0 saturated carbocycles. The lowest BCUT2D eigenvalue weighted by molar-refractivity contribution is -0.137. The number of benzene rings is 1. The number of alkyl halides is 3. The summed E-state index contributed by atoms with van der Waals surface area (Å²) in [6.45, 7) is 1.78. The number of aryl methyl sites for hydroxylation is 1. The molecule has 0 unspecified atom stereocenters. The Hall–Kier alpha value is -2.31. The first kappa shape index (κ1) is 14.1. The third-order valence-electron chi connectivity index (χ3n) is 2.54. The quantitative estimate of drug-likeness (QED) is 0.903. The maximum Gasteiger partial charge on any atom is 0.416 e. The van der Waals surface area contributed by atoms with Crippen LogP contribution in [-0.2, 0) is 6.18 Å². The van der Waals surface area contributed by atoms with E-state index in [9.17, 15) is 13.2 Å². The van der Waals surface area contributed by atoms with Gasteiger partial charge in [0.05, 0.1) is 5.56 Å². The average molecular weight is 282 g/mol. The Morgan fingerprint density at radius 3 is 2.50 bits per heavy atom. The molecule has 0 aliphatic carbocycles. The van der Waals surface area contributed by atoms with Gasteiger partial charge in [-0.25, -0.2) is 4.98 Å². The molecule has 1 heterocycles. The largest absolute Gasteiger partial charge is 0.416 e. The Kier molecular flexibility index (Phi) is 3.78. The van der Waals surface area contributed by atoms with Crippen LogP contribution in [0.3, 0.4) is 0 Å². The highest BCUT2D eigenvalue weighted by Gasteiger charge is 2.30. The van der Waals surface area contributed by atoms with Gasteiger partial charge in [-0.05, 0) is 25.1 Å². The topological polar surface area (TPSA) is 49.8 Å². The molecule has 2 rings (SSSR count). The fraction of sp³-hybridized carbons (Fsp3) is 0.231. The van der Waals surface area contributed by atoms with E-state index in [1.165, 1.54) is 6.07 Å². The second kappa shape index (κ2) is 5.36. The van der Waals surface area contributed by atoms with E-state index in [-0.39, 0.29) is 0 Å². The molecule has 7 heteroatoms. The van der Waals surface area contributed by atoms with E-state index in [1.807, 2.05) is 0 Å². The minimum Gasteiger partial charge on any atom is -0.357 e. The minimum atomic E-state index is -4.37. The molecule has 106 valence electrons. The maximum absolute atomic E-state index is 12.6. The Bertz CT molecular complexity index is 611. The Morgan fingerprint density at radius 1 is 1.10 bits per heavy atom. The molecule has 0 bridgehead atoms. The van der Waals surface area contributed by atoms with Crippen molar-refractivity contribution < 1.29 is 13.2 Å². The zero-order valence-electron chi connectivity index (χ0n) is 10.9. The molecule has 20 heavy (non-hydrogen) atoms. The highest BCUT2D eigenvalue weighted by molar-refractivity contribution is 5.58. The molecule has 0 aliphatic heterocycles. The highest BCUT2D eigenvalue weighted by Crippen LogP contribution is 2.31. The normalized spacial score (nSPS) is 11.2. The molecule has 2 aromatic rings. The molecule has 0 fully saturated rings. The smallest absolute Gasteiger partial charge is 0.357 e. The van der Waals surface area contributed by atoms with Gasteiger partial charge in [0.1, 0.15) is 5.82 Å². The number of hydrogen-bond acceptors (Lipinski definition) is 4. The lowest BCUT2D eigenvalue weighted by atomic mass is 10.2. The van der Waals surface area contributed by atoms with Crippen LogP contribution in [0.4, 0.5) is 30.6 Å². The molecule has 2 N–H and O–H groups in total. The van der Waals surface area contributed by atoms with E-state index in [4.69, 9.17) is 0 Å². The zero-order valence-corrected chi connectivity index (χ0v) is 10.9. The molecule has 0 amide bonds. The van der Waals surface area contributed by atoms with Crippen molar-refractivity contribution in [2.45, 2.75) is 13.1 Å². The number of halogens is 3. The van der Waals surface area contributed by atoms with Gasteiger partial charge in [0.25, 0.3) is 0 Å². The number of nitrogens with zero attached hydrogens (tertiary/aromatic N) is 2. The molecule has 1 aromatic heterocycles. The van der Waals surface area contributed by atoms with E-state index >= 15 is 0 Å². The number of rotatable bonds is 3. The summed E-state index contributed by atoms with van der Waals surface area (Å²) < 4.78 is 37.9. The van der Waals surface area contributed by atoms with Crippen molar-refractivity contribution in [3.8, 4) is 0 Å². The predicted octanol–water partition coefficient (Wildman–Crippen LogP) is 3.59. The standard InChI is InChI=1S/C13H13F3N4/c1-8-6-11(20-12(17-2)18-8)19-10-5-3-4-9(7-10)13(14,15)16/h3-7H,1-2H3,(H2,17,18,19,20). The van der Waals surface area contributed by atoms with E-state index in [1.54, 1.807) is 26.1 Å². The summed E-state index contributed by atoms with van der Waals surface area (Å²) in [6, 6.07) is 6.61. The monoisotopic (exact) mass is 282 g/mol. The summed E-state index contributed by atoms with van der Waals surface area (Å²) in [7, 11) is 1.67. The second-order valence-corrected chi connectivity index (χ2v) is 4.17. The van der Waals surface area contributed by atoms with Gasteiger partial charge in [-0.3, -0.25) is 0 Å². The highest BCUT2D eigenvalue weighted by atomic mass is 19.4. The minimum absolute atomic E-state index is 0.319. The maximum atomic E-state index is 12.6. The van der Waals surface area contributed by atoms with E-state index in [0.717, 1.165) is 12.1 Å². The van der Waals surface area contributed by atoms with Crippen molar-refractivity contribution in [3.05, 3.63) is 41.6 Å². The van der Waals surface area contributed by atoms with Crippen LogP contribution in [0.2, 0.25) is 0 Å². The fourth-order valence-electron chi connectivity index (χ4n) is 1.67. The Labute approximate surface area is 114 Å². The van der Waals surface area contributed by atoms with Crippen LogP contribution in [-0.4, -0.2) is 17.0 Å². The number of anilines is 3. The van der Waals surface area contributed by atoms with Crippen LogP contribution < -0.4 is 10.6 Å². The summed E-state index contributed by atoms with van der Waals surface area (Å²) in [4.78, 5) is 8.23. The number of aromatic nitrogens is 2. The number of hydrogen-bond donors (Lipinski definition) is 2. The van der Waals surface area contributed by atoms with Gasteiger partial charge >= 0.3 is 6.18 Å². The van der Waals surface area contributed by atoms with Crippen LogP contribution in [0.5, 0.6) is 0 Å². The molecule has 0 atom stereocenters. The van der Waals surface area contributed by atoms with E-state index < -0.39 is 11.7 Å². The molecule has 4 nitrogen and oxygen atoms in total. The third-order valence-corrected chi connectivity index (χ3v) is 2.54. The SMILES string of the molecule is CNc1nc(C)cc(Nc2cccc(C(F)(F)F)c2)n1.